The molecule has 0 saturated carbocycles. The molecule has 15 nitrogen and oxygen atoms in total. The number of hydrogen-bond donors (Lipinski definition) is 6. The van der Waals surface area contributed by atoms with E-state index in [2.05, 4.69) is 5.32 Å². The van der Waals surface area contributed by atoms with Gasteiger partial charge in [-0.05, 0) is 29.3 Å². The van der Waals surface area contributed by atoms with Crippen molar-refractivity contribution in [3.8, 4) is 0 Å². The SMILES string of the molecule is CN(C(=O)C1=C[C@H]2OCO[C@H]2[C@H](OC(=O)c2cccc(C=CCO[C@H]3O[C@H](CO)[C@H](O)[C@H](O)[C@H]3O)c2)C1)[C@H](Cc1ccccc1)C(=O)NCCO. The number of aliphatic hydroxyl groups is 5. The number of carbonyl (C=O) groups is 3. The molecule has 2 aromatic rings. The average Bonchev–Trinajstić information content (AvgIpc) is 3.63. The quantitative estimate of drug-likeness (QED) is 0.134. The van der Waals surface area contributed by atoms with E-state index in [1.54, 1.807) is 42.5 Å². The van der Waals surface area contributed by atoms with Gasteiger partial charge in [-0.1, -0.05) is 54.6 Å². The van der Waals surface area contributed by atoms with Gasteiger partial charge < -0.3 is 59.4 Å². The van der Waals surface area contributed by atoms with Gasteiger partial charge in [-0.3, -0.25) is 9.59 Å². The molecule has 2 heterocycles. The van der Waals surface area contributed by atoms with Crippen LogP contribution in [0.3, 0.4) is 0 Å². The Hall–Kier alpha value is -4.03. The summed E-state index contributed by atoms with van der Waals surface area (Å²) in [6, 6.07) is 14.9. The first kappa shape index (κ1) is 38.2. The Balaban J connectivity index is 1.22. The molecular weight excluding hydrogens is 668 g/mol. The maximum absolute atomic E-state index is 13.9. The first-order valence-corrected chi connectivity index (χ1v) is 16.6. The highest BCUT2D eigenvalue weighted by Gasteiger charge is 2.45. The summed E-state index contributed by atoms with van der Waals surface area (Å²) in [5.74, 6) is -1.52. The van der Waals surface area contributed by atoms with Crippen molar-refractivity contribution >= 4 is 23.9 Å². The molecule has 51 heavy (non-hydrogen) atoms. The number of ether oxygens (including phenoxy) is 5. The van der Waals surface area contributed by atoms with E-state index in [0.29, 0.717) is 11.1 Å². The minimum Gasteiger partial charge on any atom is -0.456 e. The van der Waals surface area contributed by atoms with Crippen molar-refractivity contribution in [1.82, 2.24) is 10.2 Å². The normalized spacial score (nSPS) is 28.1. The Labute approximate surface area is 294 Å². The van der Waals surface area contributed by atoms with Gasteiger partial charge in [0.1, 0.15) is 55.6 Å². The van der Waals surface area contributed by atoms with Crippen molar-refractivity contribution in [2.75, 3.05) is 40.2 Å². The molecule has 0 spiro atoms. The largest absolute Gasteiger partial charge is 0.456 e. The fraction of sp³-hybridized carbons (Fsp3) is 0.472. The fourth-order valence-corrected chi connectivity index (χ4v) is 6.14. The number of esters is 1. The third-order valence-electron chi connectivity index (χ3n) is 8.94. The van der Waals surface area contributed by atoms with Crippen LogP contribution < -0.4 is 5.32 Å². The lowest BCUT2D eigenvalue weighted by molar-refractivity contribution is -0.298. The van der Waals surface area contributed by atoms with Crippen molar-refractivity contribution in [2.24, 2.45) is 0 Å². The van der Waals surface area contributed by atoms with Crippen LogP contribution in [-0.2, 0) is 39.7 Å². The van der Waals surface area contributed by atoms with Crippen LogP contribution in [0.1, 0.15) is 27.9 Å². The zero-order valence-corrected chi connectivity index (χ0v) is 28.0. The predicted octanol–water partition coefficient (Wildman–Crippen LogP) is -0.708. The molecule has 2 aromatic carbocycles. The lowest BCUT2D eigenvalue weighted by Crippen LogP contribution is -2.59. The fourth-order valence-electron chi connectivity index (χ4n) is 6.14. The summed E-state index contributed by atoms with van der Waals surface area (Å²) >= 11 is 0. The number of nitrogens with zero attached hydrogens (tertiary/aromatic N) is 1. The van der Waals surface area contributed by atoms with E-state index in [-0.39, 0.29) is 45.0 Å². The summed E-state index contributed by atoms with van der Waals surface area (Å²) in [5, 5.41) is 51.3. The summed E-state index contributed by atoms with van der Waals surface area (Å²) in [7, 11) is 1.53. The highest BCUT2D eigenvalue weighted by molar-refractivity contribution is 5.97. The number of carbonyl (C=O) groups excluding carboxylic acids is 3. The van der Waals surface area contributed by atoms with Gasteiger partial charge in [0, 0.05) is 32.0 Å². The monoisotopic (exact) mass is 712 g/mol. The molecule has 9 atom stereocenters. The Morgan fingerprint density at radius 1 is 1.02 bits per heavy atom. The topological polar surface area (TPSA) is 214 Å². The van der Waals surface area contributed by atoms with Crippen LogP contribution in [0.4, 0.5) is 0 Å². The van der Waals surface area contributed by atoms with Gasteiger partial charge in [0.25, 0.3) is 0 Å². The molecule has 6 N–H and O–H groups in total. The van der Waals surface area contributed by atoms with Crippen molar-refractivity contribution in [2.45, 2.75) is 67.9 Å². The lowest BCUT2D eigenvalue weighted by Gasteiger charge is -2.39. The third-order valence-corrected chi connectivity index (χ3v) is 8.94. The molecular formula is C36H44N2O13. The zero-order chi connectivity index (χ0) is 36.5. The zero-order valence-electron chi connectivity index (χ0n) is 28.0. The molecule has 5 rings (SSSR count). The molecule has 2 fully saturated rings. The second-order valence-corrected chi connectivity index (χ2v) is 12.4. The van der Waals surface area contributed by atoms with Gasteiger partial charge in [-0.2, -0.15) is 0 Å². The highest BCUT2D eigenvalue weighted by Crippen LogP contribution is 2.32. The standard InChI is InChI=1S/C36H44N2O13/c1-38(25(33(44)37-12-13-39)16-22-7-3-2-4-8-22)34(45)24-17-26-32(49-20-48-26)27(18-24)50-35(46)23-11-5-9-21(15-23)10-6-14-47-36-31(43)30(42)29(41)28(19-40)51-36/h2-11,15,17,25-32,36,39-43H,12-14,16,18-20H2,1H3,(H,37,44)/t25-,26-,27-,28-,29+,30+,31-,32-,36+/m1/s1. The molecule has 0 bridgehead atoms. The molecule has 0 unspecified atom stereocenters. The van der Waals surface area contributed by atoms with Gasteiger partial charge in [-0.15, -0.1) is 0 Å². The smallest absolute Gasteiger partial charge is 0.338 e. The van der Waals surface area contributed by atoms with Crippen LogP contribution in [0.15, 0.2) is 72.3 Å². The Morgan fingerprint density at radius 2 is 1.80 bits per heavy atom. The molecule has 276 valence electrons. The van der Waals surface area contributed by atoms with E-state index in [0.717, 1.165) is 5.56 Å². The van der Waals surface area contributed by atoms with Gasteiger partial charge in [0.2, 0.25) is 11.8 Å². The van der Waals surface area contributed by atoms with Crippen molar-refractivity contribution in [3.05, 3.63) is 89.0 Å². The van der Waals surface area contributed by atoms with Gasteiger partial charge in [-0.25, -0.2) is 4.79 Å². The van der Waals surface area contributed by atoms with Gasteiger partial charge in [0.05, 0.1) is 25.4 Å². The van der Waals surface area contributed by atoms with Crippen molar-refractivity contribution < 1.29 is 63.6 Å². The molecule has 0 radical (unpaired) electrons. The summed E-state index contributed by atoms with van der Waals surface area (Å²) in [6.45, 7) is -0.903. The first-order valence-electron chi connectivity index (χ1n) is 16.6. The van der Waals surface area contributed by atoms with Crippen LogP contribution in [0.2, 0.25) is 0 Å². The molecule has 2 aliphatic heterocycles. The van der Waals surface area contributed by atoms with Gasteiger partial charge >= 0.3 is 5.97 Å². The van der Waals surface area contributed by atoms with E-state index in [9.17, 15) is 39.9 Å². The highest BCUT2D eigenvalue weighted by atomic mass is 16.7. The van der Waals surface area contributed by atoms with Crippen LogP contribution >= 0.6 is 0 Å². The van der Waals surface area contributed by atoms with Crippen molar-refractivity contribution in [1.29, 1.82) is 0 Å². The molecule has 2 saturated heterocycles. The summed E-state index contributed by atoms with van der Waals surface area (Å²) in [4.78, 5) is 41.7. The van der Waals surface area contributed by atoms with E-state index in [1.165, 1.54) is 11.9 Å². The third kappa shape index (κ3) is 9.45. The first-order chi connectivity index (χ1) is 24.6. The number of rotatable bonds is 14. The van der Waals surface area contributed by atoms with Crippen LogP contribution in [-0.4, -0.2) is 143 Å². The maximum Gasteiger partial charge on any atom is 0.338 e. The van der Waals surface area contributed by atoms with E-state index in [4.69, 9.17) is 23.7 Å². The van der Waals surface area contributed by atoms with Crippen LogP contribution in [0.25, 0.3) is 6.08 Å². The molecule has 2 amide bonds. The van der Waals surface area contributed by atoms with E-state index < -0.39 is 79.5 Å². The molecule has 0 aromatic heterocycles. The van der Waals surface area contributed by atoms with Crippen molar-refractivity contribution in [3.63, 3.8) is 0 Å². The second kappa shape index (κ2) is 17.9. The lowest BCUT2D eigenvalue weighted by atomic mass is 9.90. The number of nitrogens with one attached hydrogen (secondary N) is 1. The van der Waals surface area contributed by atoms with E-state index in [1.807, 2.05) is 30.3 Å². The summed E-state index contributed by atoms with van der Waals surface area (Å²) in [6.07, 6.45) is -3.97. The number of likely N-dealkylation sites (N-methyl/N-ethyl adjacent to an activating group) is 1. The second-order valence-electron chi connectivity index (χ2n) is 12.4. The minimum absolute atomic E-state index is 0.0185. The number of aliphatic hydroxyl groups excluding tert-OH is 5. The number of benzene rings is 2. The number of amides is 2. The maximum atomic E-state index is 13.9. The van der Waals surface area contributed by atoms with Crippen LogP contribution in [0.5, 0.6) is 0 Å². The van der Waals surface area contributed by atoms with E-state index >= 15 is 0 Å². The molecule has 3 aliphatic rings. The molecule has 1 aliphatic carbocycles. The number of fused-ring (bicyclic) bond motifs is 1. The molecule has 15 heteroatoms. The number of hydrogen-bond acceptors (Lipinski definition) is 13. The van der Waals surface area contributed by atoms with Crippen LogP contribution in [0, 0.1) is 0 Å². The predicted molar refractivity (Wildman–Crippen MR) is 179 cm³/mol. The average molecular weight is 713 g/mol. The van der Waals surface area contributed by atoms with Gasteiger partial charge in [0.15, 0.2) is 6.29 Å². The summed E-state index contributed by atoms with van der Waals surface area (Å²) < 4.78 is 28.1. The Bertz CT molecular complexity index is 1550. The Kier molecular flexibility index (Phi) is 13.4. The summed E-state index contributed by atoms with van der Waals surface area (Å²) in [5.41, 5.74) is 1.98. The Morgan fingerprint density at radius 3 is 2.55 bits per heavy atom. The minimum atomic E-state index is -1.56.